The second kappa shape index (κ2) is 6.70. The minimum Gasteiger partial charge on any atom is -0.404 e. The summed E-state index contributed by atoms with van der Waals surface area (Å²) < 4.78 is 68.4. The topological polar surface area (TPSA) is 79.2 Å². The number of ether oxygens (including phenoxy) is 1. The van der Waals surface area contributed by atoms with E-state index in [1.54, 1.807) is 6.07 Å². The molecule has 2 aromatic carbocycles. The smallest absolute Gasteiger partial charge is 0.404 e. The summed E-state index contributed by atoms with van der Waals surface area (Å²) in [6.07, 6.45) is -5.06. The van der Waals surface area contributed by atoms with Crippen LogP contribution in [-0.4, -0.2) is 14.8 Å². The van der Waals surface area contributed by atoms with Crippen LogP contribution >= 0.6 is 15.9 Å². The molecule has 10 heteroatoms. The van der Waals surface area contributed by atoms with E-state index in [1.165, 1.54) is 30.3 Å². The third-order valence-electron chi connectivity index (χ3n) is 2.71. The average Bonchev–Trinajstić information content (AvgIpc) is 2.45. The van der Waals surface area contributed by atoms with Gasteiger partial charge >= 0.3 is 6.36 Å². The average molecular weight is 421 g/mol. The summed E-state index contributed by atoms with van der Waals surface area (Å²) in [6, 6.07) is 10.6. The Hall–Kier alpha value is -2.25. The van der Waals surface area contributed by atoms with Crippen LogP contribution in [0, 0.1) is 11.3 Å². The summed E-state index contributed by atoms with van der Waals surface area (Å²) in [7, 11) is -4.41. The SMILES string of the molecule is N#Cc1ccccc1NS(=O)(=O)c1ccc(Br)cc1OC(F)(F)F. The van der Waals surface area contributed by atoms with Crippen LogP contribution in [0.15, 0.2) is 51.8 Å². The van der Waals surface area contributed by atoms with Crippen molar-refractivity contribution in [1.82, 2.24) is 0 Å². The van der Waals surface area contributed by atoms with E-state index in [2.05, 4.69) is 25.4 Å². The van der Waals surface area contributed by atoms with Gasteiger partial charge in [0.05, 0.1) is 11.3 Å². The van der Waals surface area contributed by atoms with E-state index in [1.807, 2.05) is 0 Å². The molecular formula is C14H8BrF3N2O3S. The van der Waals surface area contributed by atoms with Gasteiger partial charge in [0.25, 0.3) is 10.0 Å². The molecule has 0 aliphatic carbocycles. The number of alkyl halides is 3. The number of nitriles is 1. The standard InChI is InChI=1S/C14H8BrF3N2O3S/c15-10-5-6-13(12(7-10)23-14(16,17)18)24(21,22)20-11-4-2-1-3-9(11)8-19/h1-7,20H. The van der Waals surface area contributed by atoms with Crippen molar-refractivity contribution < 1.29 is 26.3 Å². The molecule has 2 rings (SSSR count). The molecule has 126 valence electrons. The zero-order valence-corrected chi connectivity index (χ0v) is 14.0. The largest absolute Gasteiger partial charge is 0.573 e. The van der Waals surface area contributed by atoms with Crippen molar-refractivity contribution in [2.45, 2.75) is 11.3 Å². The molecule has 0 saturated carbocycles. The zero-order valence-electron chi connectivity index (χ0n) is 11.6. The van der Waals surface area contributed by atoms with Gasteiger partial charge < -0.3 is 4.74 Å². The Balaban J connectivity index is 2.48. The number of para-hydroxylation sites is 1. The maximum absolute atomic E-state index is 12.5. The molecule has 0 amide bonds. The van der Waals surface area contributed by atoms with Crippen LogP contribution in [0.2, 0.25) is 0 Å². The molecule has 24 heavy (non-hydrogen) atoms. The number of hydrogen-bond acceptors (Lipinski definition) is 4. The molecule has 0 saturated heterocycles. The highest BCUT2D eigenvalue weighted by molar-refractivity contribution is 9.10. The number of benzene rings is 2. The number of halogens is 4. The van der Waals surface area contributed by atoms with Gasteiger partial charge in [0, 0.05) is 4.47 Å². The Kier molecular flexibility index (Phi) is 5.05. The van der Waals surface area contributed by atoms with Gasteiger partial charge in [0.15, 0.2) is 5.75 Å². The maximum Gasteiger partial charge on any atom is 0.573 e. The molecule has 0 atom stereocenters. The van der Waals surface area contributed by atoms with Crippen LogP contribution in [-0.2, 0) is 10.0 Å². The number of rotatable bonds is 4. The summed E-state index contributed by atoms with van der Waals surface area (Å²) in [5.41, 5.74) is -0.0302. The molecule has 0 heterocycles. The lowest BCUT2D eigenvalue weighted by Gasteiger charge is -2.15. The predicted molar refractivity (Wildman–Crippen MR) is 82.8 cm³/mol. The van der Waals surface area contributed by atoms with Crippen molar-refractivity contribution in [3.63, 3.8) is 0 Å². The lowest BCUT2D eigenvalue weighted by molar-refractivity contribution is -0.275. The van der Waals surface area contributed by atoms with Crippen molar-refractivity contribution in [2.24, 2.45) is 0 Å². The van der Waals surface area contributed by atoms with Crippen molar-refractivity contribution in [1.29, 1.82) is 5.26 Å². The summed E-state index contributed by atoms with van der Waals surface area (Å²) in [5, 5.41) is 8.97. The second-order valence-electron chi connectivity index (χ2n) is 4.40. The Labute approximate surface area is 143 Å². The number of nitrogens with one attached hydrogen (secondary N) is 1. The Morgan fingerprint density at radius 1 is 1.17 bits per heavy atom. The summed E-state index contributed by atoms with van der Waals surface area (Å²) in [5.74, 6) is -0.890. The Morgan fingerprint density at radius 2 is 1.83 bits per heavy atom. The van der Waals surface area contributed by atoms with E-state index in [-0.39, 0.29) is 15.7 Å². The van der Waals surface area contributed by atoms with Gasteiger partial charge in [-0.05, 0) is 30.3 Å². The highest BCUT2D eigenvalue weighted by Gasteiger charge is 2.34. The van der Waals surface area contributed by atoms with Gasteiger partial charge in [-0.1, -0.05) is 28.1 Å². The third kappa shape index (κ3) is 4.39. The first-order valence-electron chi connectivity index (χ1n) is 6.19. The van der Waals surface area contributed by atoms with Crippen LogP contribution in [0.3, 0.4) is 0 Å². The molecule has 5 nitrogen and oxygen atoms in total. The number of nitrogens with zero attached hydrogens (tertiary/aromatic N) is 1. The Morgan fingerprint density at radius 3 is 2.46 bits per heavy atom. The first-order chi connectivity index (χ1) is 11.1. The summed E-state index contributed by atoms with van der Waals surface area (Å²) >= 11 is 2.95. The van der Waals surface area contributed by atoms with E-state index < -0.39 is 27.0 Å². The first kappa shape index (κ1) is 18.1. The quantitative estimate of drug-likeness (QED) is 0.809. The molecule has 1 N–H and O–H groups in total. The lowest BCUT2D eigenvalue weighted by atomic mass is 10.2. The molecule has 0 aliphatic rings. The fourth-order valence-corrected chi connectivity index (χ4v) is 3.31. The van der Waals surface area contributed by atoms with E-state index in [4.69, 9.17) is 5.26 Å². The van der Waals surface area contributed by atoms with Crippen LogP contribution in [0.1, 0.15) is 5.56 Å². The molecule has 0 bridgehead atoms. The van der Waals surface area contributed by atoms with Crippen LogP contribution < -0.4 is 9.46 Å². The molecule has 0 unspecified atom stereocenters. The molecule has 0 radical (unpaired) electrons. The third-order valence-corrected chi connectivity index (χ3v) is 4.61. The van der Waals surface area contributed by atoms with Crippen molar-refractivity contribution in [3.05, 3.63) is 52.5 Å². The normalized spacial score (nSPS) is 11.6. The van der Waals surface area contributed by atoms with Crippen LogP contribution in [0.5, 0.6) is 5.75 Å². The van der Waals surface area contributed by atoms with E-state index in [9.17, 15) is 21.6 Å². The van der Waals surface area contributed by atoms with Crippen molar-refractivity contribution in [2.75, 3.05) is 4.72 Å². The molecular weight excluding hydrogens is 413 g/mol. The number of anilines is 1. The van der Waals surface area contributed by atoms with Crippen molar-refractivity contribution >= 4 is 31.6 Å². The van der Waals surface area contributed by atoms with E-state index in [0.717, 1.165) is 12.1 Å². The van der Waals surface area contributed by atoms with Crippen LogP contribution in [0.25, 0.3) is 0 Å². The summed E-state index contributed by atoms with van der Waals surface area (Å²) in [4.78, 5) is -0.712. The van der Waals surface area contributed by atoms with Gasteiger partial charge in [-0.3, -0.25) is 4.72 Å². The number of hydrogen-bond donors (Lipinski definition) is 1. The minimum absolute atomic E-state index is 0.0245. The number of sulfonamides is 1. The first-order valence-corrected chi connectivity index (χ1v) is 8.47. The predicted octanol–water partition coefficient (Wildman–Crippen LogP) is 4.02. The Bertz CT molecular complexity index is 908. The molecule has 0 fully saturated rings. The lowest BCUT2D eigenvalue weighted by Crippen LogP contribution is -2.21. The van der Waals surface area contributed by atoms with Gasteiger partial charge in [-0.15, -0.1) is 13.2 Å². The molecule has 0 aromatic heterocycles. The molecule has 2 aromatic rings. The van der Waals surface area contributed by atoms with E-state index in [0.29, 0.717) is 0 Å². The zero-order chi connectivity index (χ0) is 18.0. The van der Waals surface area contributed by atoms with Gasteiger partial charge in [-0.25, -0.2) is 8.42 Å². The van der Waals surface area contributed by atoms with E-state index >= 15 is 0 Å². The monoisotopic (exact) mass is 420 g/mol. The fourth-order valence-electron chi connectivity index (χ4n) is 1.78. The van der Waals surface area contributed by atoms with Gasteiger partial charge in [0.2, 0.25) is 0 Å². The van der Waals surface area contributed by atoms with Crippen LogP contribution in [0.4, 0.5) is 18.9 Å². The fraction of sp³-hybridized carbons (Fsp3) is 0.0714. The molecule has 0 spiro atoms. The second-order valence-corrected chi connectivity index (χ2v) is 6.97. The van der Waals surface area contributed by atoms with Gasteiger partial charge in [0.1, 0.15) is 11.0 Å². The summed E-state index contributed by atoms with van der Waals surface area (Å²) in [6.45, 7) is 0. The molecule has 0 aliphatic heterocycles. The van der Waals surface area contributed by atoms with Gasteiger partial charge in [-0.2, -0.15) is 5.26 Å². The highest BCUT2D eigenvalue weighted by atomic mass is 79.9. The van der Waals surface area contributed by atoms with Crippen molar-refractivity contribution in [3.8, 4) is 11.8 Å². The maximum atomic E-state index is 12.5. The highest BCUT2D eigenvalue weighted by Crippen LogP contribution is 2.33. The minimum atomic E-state index is -5.06.